The van der Waals surface area contributed by atoms with E-state index in [1.54, 1.807) is 24.3 Å². The molecule has 4 aromatic rings. The predicted molar refractivity (Wildman–Crippen MR) is 119 cm³/mol. The van der Waals surface area contributed by atoms with Gasteiger partial charge in [0.1, 0.15) is 17.4 Å². The van der Waals surface area contributed by atoms with E-state index >= 15 is 0 Å². The number of alkyl halides is 3. The SMILES string of the molecule is O=S(=O)(Nc1ccc2c(OCc3csc(-c4ccccc4Cl)n3)cccc2c1)C(F)(F)F. The summed E-state index contributed by atoms with van der Waals surface area (Å²) in [4.78, 5) is 4.54. The van der Waals surface area contributed by atoms with Gasteiger partial charge in [0.25, 0.3) is 0 Å². The number of nitrogens with zero attached hydrogens (tertiary/aromatic N) is 1. The Labute approximate surface area is 190 Å². The third-order valence-corrected chi connectivity index (χ3v) is 6.80. The van der Waals surface area contributed by atoms with E-state index in [0.717, 1.165) is 10.6 Å². The van der Waals surface area contributed by atoms with E-state index < -0.39 is 15.5 Å². The molecule has 0 spiro atoms. The standard InChI is InChI=1S/C21H14ClF3N2O3S2/c22-18-6-2-1-5-17(18)20-26-15(12-31-20)11-30-19-7-3-4-13-10-14(8-9-16(13)19)27-32(28,29)21(23,24)25/h1-10,12,27H,11H2. The minimum Gasteiger partial charge on any atom is -0.487 e. The second-order valence-corrected chi connectivity index (χ2v) is 9.60. The van der Waals surface area contributed by atoms with Crippen LogP contribution in [0.5, 0.6) is 5.75 Å². The summed E-state index contributed by atoms with van der Waals surface area (Å²) in [5.74, 6) is 0.486. The van der Waals surface area contributed by atoms with E-state index in [-0.39, 0.29) is 12.3 Å². The molecule has 0 radical (unpaired) electrons. The smallest absolute Gasteiger partial charge is 0.487 e. The van der Waals surface area contributed by atoms with Crippen LogP contribution < -0.4 is 9.46 Å². The molecule has 0 saturated carbocycles. The number of fused-ring (bicyclic) bond motifs is 1. The molecule has 0 fully saturated rings. The van der Waals surface area contributed by atoms with Crippen LogP contribution in [0.2, 0.25) is 5.02 Å². The summed E-state index contributed by atoms with van der Waals surface area (Å²) < 4.78 is 67.9. The molecule has 1 N–H and O–H groups in total. The number of hydrogen-bond acceptors (Lipinski definition) is 5. The Kier molecular flexibility index (Phi) is 6.02. The first-order valence-corrected chi connectivity index (χ1v) is 11.8. The van der Waals surface area contributed by atoms with Crippen molar-refractivity contribution in [3.8, 4) is 16.3 Å². The van der Waals surface area contributed by atoms with Gasteiger partial charge in [0.2, 0.25) is 0 Å². The molecular weight excluding hydrogens is 485 g/mol. The number of ether oxygens (including phenoxy) is 1. The van der Waals surface area contributed by atoms with Gasteiger partial charge in [-0.25, -0.2) is 4.98 Å². The van der Waals surface area contributed by atoms with Crippen molar-refractivity contribution in [2.45, 2.75) is 12.1 Å². The minimum absolute atomic E-state index is 0.169. The first-order valence-electron chi connectivity index (χ1n) is 9.08. The minimum atomic E-state index is -5.50. The van der Waals surface area contributed by atoms with Gasteiger partial charge >= 0.3 is 15.5 Å². The molecule has 0 unspecified atom stereocenters. The number of rotatable bonds is 6. The lowest BCUT2D eigenvalue weighted by atomic mass is 10.1. The molecule has 0 amide bonds. The third kappa shape index (κ3) is 4.67. The van der Waals surface area contributed by atoms with Crippen molar-refractivity contribution in [3.63, 3.8) is 0 Å². The van der Waals surface area contributed by atoms with Crippen LogP contribution in [0.25, 0.3) is 21.3 Å². The van der Waals surface area contributed by atoms with Gasteiger partial charge in [-0.1, -0.05) is 41.9 Å². The van der Waals surface area contributed by atoms with Crippen LogP contribution >= 0.6 is 22.9 Å². The highest BCUT2D eigenvalue weighted by Gasteiger charge is 2.46. The van der Waals surface area contributed by atoms with Gasteiger partial charge in [-0.05, 0) is 35.7 Å². The van der Waals surface area contributed by atoms with Crippen LogP contribution in [-0.2, 0) is 16.6 Å². The number of thiazole rings is 1. The molecule has 0 aliphatic rings. The quantitative estimate of drug-likeness (QED) is 0.331. The number of aromatic nitrogens is 1. The number of sulfonamides is 1. The number of anilines is 1. The average molecular weight is 499 g/mol. The highest BCUT2D eigenvalue weighted by atomic mass is 35.5. The van der Waals surface area contributed by atoms with Gasteiger partial charge in [-0.15, -0.1) is 11.3 Å². The van der Waals surface area contributed by atoms with E-state index in [1.807, 2.05) is 23.6 Å². The van der Waals surface area contributed by atoms with Crippen LogP contribution in [0.3, 0.4) is 0 Å². The van der Waals surface area contributed by atoms with E-state index in [0.29, 0.717) is 27.2 Å². The van der Waals surface area contributed by atoms with Crippen molar-refractivity contribution in [2.24, 2.45) is 0 Å². The fourth-order valence-corrected chi connectivity index (χ4v) is 4.62. The van der Waals surface area contributed by atoms with Gasteiger partial charge in [0.15, 0.2) is 0 Å². The average Bonchev–Trinajstić information content (AvgIpc) is 3.20. The van der Waals surface area contributed by atoms with Crippen LogP contribution in [0.15, 0.2) is 66.0 Å². The number of benzene rings is 3. The lowest BCUT2D eigenvalue weighted by Crippen LogP contribution is -2.29. The van der Waals surface area contributed by atoms with Crippen LogP contribution in [0.1, 0.15) is 5.69 Å². The van der Waals surface area contributed by atoms with Crippen molar-refractivity contribution in [2.75, 3.05) is 4.72 Å². The van der Waals surface area contributed by atoms with Crippen molar-refractivity contribution in [3.05, 3.63) is 76.8 Å². The molecule has 1 heterocycles. The summed E-state index contributed by atoms with van der Waals surface area (Å²) in [6.07, 6.45) is 0. The first kappa shape index (κ1) is 22.4. The lowest BCUT2D eigenvalue weighted by molar-refractivity contribution is -0.0429. The summed E-state index contributed by atoms with van der Waals surface area (Å²) in [5, 5.41) is 4.34. The van der Waals surface area contributed by atoms with Crippen LogP contribution in [-0.4, -0.2) is 18.9 Å². The Hall–Kier alpha value is -2.82. The Morgan fingerprint density at radius 1 is 1.06 bits per heavy atom. The fraction of sp³-hybridized carbons (Fsp3) is 0.0952. The maximum Gasteiger partial charge on any atom is 0.516 e. The Bertz CT molecular complexity index is 1390. The molecule has 1 aromatic heterocycles. The summed E-state index contributed by atoms with van der Waals surface area (Å²) in [6.45, 7) is 0.169. The van der Waals surface area contributed by atoms with Gasteiger partial charge in [-0.3, -0.25) is 4.72 Å². The summed E-state index contributed by atoms with van der Waals surface area (Å²) in [5.41, 5.74) is -4.08. The summed E-state index contributed by atoms with van der Waals surface area (Å²) in [6, 6.07) is 16.4. The fourth-order valence-electron chi connectivity index (χ4n) is 2.94. The predicted octanol–water partition coefficient (Wildman–Crippen LogP) is 6.46. The number of hydrogen-bond donors (Lipinski definition) is 1. The van der Waals surface area contributed by atoms with Gasteiger partial charge in [-0.2, -0.15) is 21.6 Å². The van der Waals surface area contributed by atoms with E-state index in [1.165, 1.54) is 34.3 Å². The summed E-state index contributed by atoms with van der Waals surface area (Å²) in [7, 11) is -5.50. The molecule has 11 heteroatoms. The molecule has 4 rings (SSSR count). The van der Waals surface area contributed by atoms with Gasteiger partial charge in [0, 0.05) is 22.0 Å². The molecule has 0 bridgehead atoms. The largest absolute Gasteiger partial charge is 0.516 e. The topological polar surface area (TPSA) is 68.3 Å². The maximum atomic E-state index is 12.6. The summed E-state index contributed by atoms with van der Waals surface area (Å²) >= 11 is 7.65. The highest BCUT2D eigenvalue weighted by molar-refractivity contribution is 7.93. The van der Waals surface area contributed by atoms with Crippen molar-refractivity contribution in [1.82, 2.24) is 4.98 Å². The van der Waals surface area contributed by atoms with Crippen molar-refractivity contribution < 1.29 is 26.3 Å². The van der Waals surface area contributed by atoms with Gasteiger partial charge in [0.05, 0.1) is 10.7 Å². The molecule has 0 aliphatic carbocycles. The molecule has 0 aliphatic heterocycles. The maximum absolute atomic E-state index is 12.6. The molecule has 5 nitrogen and oxygen atoms in total. The first-order chi connectivity index (χ1) is 15.1. The molecule has 0 atom stereocenters. The molecule has 166 valence electrons. The molecular formula is C21H14ClF3N2O3S2. The Morgan fingerprint density at radius 3 is 2.59 bits per heavy atom. The molecule has 3 aromatic carbocycles. The normalized spacial score (nSPS) is 12.1. The van der Waals surface area contributed by atoms with E-state index in [9.17, 15) is 21.6 Å². The second-order valence-electron chi connectivity index (χ2n) is 6.66. The monoisotopic (exact) mass is 498 g/mol. The number of nitrogens with one attached hydrogen (secondary N) is 1. The zero-order chi connectivity index (χ0) is 22.9. The van der Waals surface area contributed by atoms with E-state index in [4.69, 9.17) is 16.3 Å². The zero-order valence-electron chi connectivity index (χ0n) is 16.1. The van der Waals surface area contributed by atoms with E-state index in [2.05, 4.69) is 4.98 Å². The highest BCUT2D eigenvalue weighted by Crippen LogP contribution is 2.33. The molecule has 0 saturated heterocycles. The second kappa shape index (κ2) is 8.61. The van der Waals surface area contributed by atoms with Crippen LogP contribution in [0, 0.1) is 0 Å². The third-order valence-electron chi connectivity index (χ3n) is 4.43. The lowest BCUT2D eigenvalue weighted by Gasteiger charge is -2.12. The van der Waals surface area contributed by atoms with Crippen molar-refractivity contribution in [1.29, 1.82) is 0 Å². The Morgan fingerprint density at radius 2 is 1.84 bits per heavy atom. The number of halogens is 4. The van der Waals surface area contributed by atoms with Crippen LogP contribution in [0.4, 0.5) is 18.9 Å². The van der Waals surface area contributed by atoms with Crippen molar-refractivity contribution >= 4 is 49.4 Å². The van der Waals surface area contributed by atoms with Gasteiger partial charge < -0.3 is 4.74 Å². The molecule has 32 heavy (non-hydrogen) atoms. The Balaban J connectivity index is 1.53. The zero-order valence-corrected chi connectivity index (χ0v) is 18.4.